The molecule has 0 bridgehead atoms. The fraction of sp³-hybridized carbons (Fsp3) is 0.133. The molecule has 0 aromatic heterocycles. The zero-order valence-corrected chi connectivity index (χ0v) is 13.3. The van der Waals surface area contributed by atoms with Crippen molar-refractivity contribution in [3.63, 3.8) is 0 Å². The fourth-order valence-corrected chi connectivity index (χ4v) is 2.35. The molecular weight excluding hydrogens is 352 g/mol. The summed E-state index contributed by atoms with van der Waals surface area (Å²) < 4.78 is 5.82. The van der Waals surface area contributed by atoms with Crippen LogP contribution in [0.4, 0.5) is 5.69 Å². The number of amides is 1. The van der Waals surface area contributed by atoms with Crippen LogP contribution in [-0.4, -0.2) is 17.9 Å². The van der Waals surface area contributed by atoms with Crippen molar-refractivity contribution in [3.05, 3.63) is 68.2 Å². The number of halogens is 1. The number of carbonyl (C=O) groups is 1. The van der Waals surface area contributed by atoms with Gasteiger partial charge in [-0.05, 0) is 29.8 Å². The van der Waals surface area contributed by atoms with Crippen molar-refractivity contribution >= 4 is 27.5 Å². The highest BCUT2D eigenvalue weighted by Gasteiger charge is 2.18. The summed E-state index contributed by atoms with van der Waals surface area (Å²) in [5.41, 5.74) is 0.894. The second-order valence-corrected chi connectivity index (χ2v) is 5.37. The van der Waals surface area contributed by atoms with E-state index in [1.807, 2.05) is 24.3 Å². The monoisotopic (exact) mass is 364 g/mol. The molecule has 22 heavy (non-hydrogen) atoms. The second kappa shape index (κ2) is 7.04. The maximum absolute atomic E-state index is 12.1. The number of nitrogens with zero attached hydrogens (tertiary/aromatic N) is 1. The van der Waals surface area contributed by atoms with Gasteiger partial charge in [-0.3, -0.25) is 14.9 Å². The molecule has 0 spiro atoms. The van der Waals surface area contributed by atoms with E-state index in [-0.39, 0.29) is 22.9 Å². The van der Waals surface area contributed by atoms with E-state index in [2.05, 4.69) is 21.2 Å². The van der Waals surface area contributed by atoms with Crippen LogP contribution in [0.1, 0.15) is 15.9 Å². The van der Waals surface area contributed by atoms with E-state index in [1.165, 1.54) is 25.3 Å². The van der Waals surface area contributed by atoms with Gasteiger partial charge in [0.1, 0.15) is 0 Å². The molecule has 0 fully saturated rings. The van der Waals surface area contributed by atoms with Crippen molar-refractivity contribution in [2.24, 2.45) is 0 Å². The summed E-state index contributed by atoms with van der Waals surface area (Å²) in [5.74, 6) is -0.265. The Morgan fingerprint density at radius 3 is 2.73 bits per heavy atom. The van der Waals surface area contributed by atoms with E-state index < -0.39 is 4.92 Å². The van der Waals surface area contributed by atoms with E-state index in [1.54, 1.807) is 0 Å². The van der Waals surface area contributed by atoms with Crippen LogP contribution in [0.5, 0.6) is 5.75 Å². The van der Waals surface area contributed by atoms with Gasteiger partial charge in [0.15, 0.2) is 5.75 Å². The molecule has 0 aliphatic rings. The van der Waals surface area contributed by atoms with Crippen molar-refractivity contribution in [1.82, 2.24) is 5.32 Å². The van der Waals surface area contributed by atoms with Gasteiger partial charge in [-0.2, -0.15) is 0 Å². The van der Waals surface area contributed by atoms with E-state index in [9.17, 15) is 14.9 Å². The van der Waals surface area contributed by atoms with Crippen molar-refractivity contribution in [2.75, 3.05) is 7.11 Å². The van der Waals surface area contributed by atoms with Crippen molar-refractivity contribution in [3.8, 4) is 5.75 Å². The average Bonchev–Trinajstić information content (AvgIpc) is 2.52. The minimum Gasteiger partial charge on any atom is -0.490 e. The normalized spacial score (nSPS) is 10.1. The number of carbonyl (C=O) groups excluding carboxylic acids is 1. The smallest absolute Gasteiger partial charge is 0.311 e. The highest BCUT2D eigenvalue weighted by molar-refractivity contribution is 9.10. The summed E-state index contributed by atoms with van der Waals surface area (Å²) in [6, 6.07) is 11.6. The molecular formula is C15H13BrN2O4. The lowest BCUT2D eigenvalue weighted by Gasteiger charge is -2.07. The van der Waals surface area contributed by atoms with Gasteiger partial charge < -0.3 is 10.1 Å². The topological polar surface area (TPSA) is 81.5 Å². The van der Waals surface area contributed by atoms with E-state index in [0.717, 1.165) is 10.0 Å². The first-order valence-corrected chi connectivity index (χ1v) is 7.15. The largest absolute Gasteiger partial charge is 0.490 e. The van der Waals surface area contributed by atoms with E-state index in [4.69, 9.17) is 4.74 Å². The molecule has 0 aliphatic heterocycles. The van der Waals surface area contributed by atoms with Gasteiger partial charge >= 0.3 is 5.69 Å². The Balaban J connectivity index is 2.12. The maximum Gasteiger partial charge on any atom is 0.311 e. The van der Waals surface area contributed by atoms with Crippen molar-refractivity contribution < 1.29 is 14.5 Å². The number of benzene rings is 2. The molecule has 2 aromatic carbocycles. The number of nitro groups is 1. The van der Waals surface area contributed by atoms with E-state index in [0.29, 0.717) is 6.54 Å². The lowest BCUT2D eigenvalue weighted by Crippen LogP contribution is -2.22. The number of nitro benzene ring substituents is 1. The van der Waals surface area contributed by atoms with Crippen molar-refractivity contribution in [1.29, 1.82) is 0 Å². The second-order valence-electron chi connectivity index (χ2n) is 4.46. The molecule has 0 saturated carbocycles. The van der Waals surface area contributed by atoms with Gasteiger partial charge in [0.25, 0.3) is 5.91 Å². The van der Waals surface area contributed by atoms with Crippen LogP contribution in [0.2, 0.25) is 0 Å². The van der Waals surface area contributed by atoms with Gasteiger partial charge in [-0.25, -0.2) is 0 Å². The average molecular weight is 365 g/mol. The third-order valence-corrected chi connectivity index (χ3v) is 3.47. The number of nitrogens with one attached hydrogen (secondary N) is 1. The summed E-state index contributed by atoms with van der Waals surface area (Å²) in [4.78, 5) is 22.5. The first-order valence-electron chi connectivity index (χ1n) is 6.36. The Labute approximate surface area is 135 Å². The van der Waals surface area contributed by atoms with Gasteiger partial charge in [-0.1, -0.05) is 28.1 Å². The molecule has 6 nitrogen and oxygen atoms in total. The molecule has 2 aromatic rings. The Kier molecular flexibility index (Phi) is 5.11. The maximum atomic E-state index is 12.1. The molecule has 1 N–H and O–H groups in total. The van der Waals surface area contributed by atoms with Crippen molar-refractivity contribution in [2.45, 2.75) is 6.54 Å². The molecule has 0 atom stereocenters. The molecule has 0 aliphatic carbocycles. The number of hydrogen-bond acceptors (Lipinski definition) is 4. The van der Waals surface area contributed by atoms with Crippen LogP contribution in [0.15, 0.2) is 46.9 Å². The number of methoxy groups -OCH3 is 1. The molecule has 0 unspecified atom stereocenters. The lowest BCUT2D eigenvalue weighted by molar-refractivity contribution is -0.385. The molecule has 114 valence electrons. The molecule has 7 heteroatoms. The molecule has 1 amide bonds. The first kappa shape index (κ1) is 16.0. The van der Waals surface area contributed by atoms with Crippen LogP contribution >= 0.6 is 15.9 Å². The minimum absolute atomic E-state index is 0.119. The van der Waals surface area contributed by atoms with Crippen LogP contribution in [0.3, 0.4) is 0 Å². The van der Waals surface area contributed by atoms with E-state index >= 15 is 0 Å². The fourth-order valence-electron chi connectivity index (χ4n) is 1.91. The molecule has 0 radical (unpaired) electrons. The van der Waals surface area contributed by atoms with Crippen LogP contribution in [0.25, 0.3) is 0 Å². The quantitative estimate of drug-likeness (QED) is 0.651. The third-order valence-electron chi connectivity index (χ3n) is 2.98. The standard InChI is InChI=1S/C15H13BrN2O4/c1-22-14-6-5-11(8-13(14)18(20)21)15(19)17-9-10-3-2-4-12(16)7-10/h2-8H,9H2,1H3,(H,17,19). The van der Waals surface area contributed by atoms with Crippen LogP contribution in [-0.2, 0) is 6.54 Å². The predicted octanol–water partition coefficient (Wildman–Crippen LogP) is 3.30. The summed E-state index contributed by atoms with van der Waals surface area (Å²) in [7, 11) is 1.34. The summed E-state index contributed by atoms with van der Waals surface area (Å²) >= 11 is 3.35. The highest BCUT2D eigenvalue weighted by atomic mass is 79.9. The summed E-state index contributed by atoms with van der Waals surface area (Å²) in [6.07, 6.45) is 0. The number of hydrogen-bond donors (Lipinski definition) is 1. The van der Waals surface area contributed by atoms with Gasteiger partial charge in [0, 0.05) is 22.6 Å². The Morgan fingerprint density at radius 2 is 2.09 bits per heavy atom. The van der Waals surface area contributed by atoms with Gasteiger partial charge in [0.2, 0.25) is 0 Å². The Bertz CT molecular complexity index is 718. The Morgan fingerprint density at radius 1 is 1.32 bits per heavy atom. The summed E-state index contributed by atoms with van der Waals surface area (Å²) in [6.45, 7) is 0.331. The summed E-state index contributed by atoms with van der Waals surface area (Å²) in [5, 5.41) is 13.7. The highest BCUT2D eigenvalue weighted by Crippen LogP contribution is 2.27. The zero-order valence-electron chi connectivity index (χ0n) is 11.7. The Hall–Kier alpha value is -2.41. The predicted molar refractivity (Wildman–Crippen MR) is 85.0 cm³/mol. The molecule has 2 rings (SSSR count). The van der Waals surface area contributed by atoms with Crippen LogP contribution < -0.4 is 10.1 Å². The molecule has 0 saturated heterocycles. The third kappa shape index (κ3) is 3.82. The lowest BCUT2D eigenvalue weighted by atomic mass is 10.1. The molecule has 0 heterocycles. The van der Waals surface area contributed by atoms with Crippen LogP contribution in [0, 0.1) is 10.1 Å². The SMILES string of the molecule is COc1ccc(C(=O)NCc2cccc(Br)c2)cc1[N+](=O)[O-]. The number of rotatable bonds is 5. The van der Waals surface area contributed by atoms with Gasteiger partial charge in [0.05, 0.1) is 12.0 Å². The number of ether oxygens (including phenoxy) is 1. The first-order chi connectivity index (χ1) is 10.5. The zero-order chi connectivity index (χ0) is 16.1. The minimum atomic E-state index is -0.579. The van der Waals surface area contributed by atoms with Gasteiger partial charge in [-0.15, -0.1) is 0 Å².